The Morgan fingerprint density at radius 2 is 0.545 bits per heavy atom. The summed E-state index contributed by atoms with van der Waals surface area (Å²) in [4.78, 5) is 0. The van der Waals surface area contributed by atoms with Gasteiger partial charge >= 0.3 is 0 Å². The van der Waals surface area contributed by atoms with E-state index in [4.69, 9.17) is 0 Å². The molecule has 0 amide bonds. The first-order valence-corrected chi connectivity index (χ1v) is 19.8. The van der Waals surface area contributed by atoms with Crippen LogP contribution in [0.2, 0.25) is 0 Å². The van der Waals surface area contributed by atoms with Crippen LogP contribution >= 0.6 is 11.3 Å². The first-order chi connectivity index (χ1) is 27.3. The van der Waals surface area contributed by atoms with Crippen molar-refractivity contribution in [2.45, 2.75) is 0 Å². The Morgan fingerprint density at radius 1 is 0.200 bits per heavy atom. The Bertz CT molecular complexity index is 3370. The summed E-state index contributed by atoms with van der Waals surface area (Å²) < 4.78 is 2.67. The summed E-state index contributed by atoms with van der Waals surface area (Å²) in [6.45, 7) is 0. The van der Waals surface area contributed by atoms with Crippen LogP contribution in [0, 0.1) is 0 Å². The molecule has 0 saturated heterocycles. The van der Waals surface area contributed by atoms with Crippen LogP contribution in [-0.2, 0) is 0 Å². The van der Waals surface area contributed by atoms with Gasteiger partial charge in [-0.3, -0.25) is 0 Å². The van der Waals surface area contributed by atoms with Gasteiger partial charge in [-0.2, -0.15) is 0 Å². The molecule has 0 N–H and O–H groups in total. The quantitative estimate of drug-likeness (QED) is 0.157. The minimum Gasteiger partial charge on any atom is -0.135 e. The van der Waals surface area contributed by atoms with E-state index < -0.39 is 0 Å². The molecule has 0 atom stereocenters. The van der Waals surface area contributed by atoms with Crippen LogP contribution < -0.4 is 0 Å². The molecule has 0 spiro atoms. The predicted molar refractivity (Wildman–Crippen MR) is 238 cm³/mol. The normalized spacial score (nSPS) is 12.0. The first-order valence-electron chi connectivity index (χ1n) is 19.0. The third kappa shape index (κ3) is 4.64. The highest BCUT2D eigenvalue weighted by Gasteiger charge is 2.22. The fourth-order valence-corrected chi connectivity index (χ4v) is 10.3. The van der Waals surface area contributed by atoms with Gasteiger partial charge in [0.2, 0.25) is 0 Å². The largest absolute Gasteiger partial charge is 0.135 e. The maximum Gasteiger partial charge on any atom is 0.0355 e. The van der Waals surface area contributed by atoms with Gasteiger partial charge in [-0.25, -0.2) is 0 Å². The van der Waals surface area contributed by atoms with Crippen molar-refractivity contribution in [3.8, 4) is 66.8 Å². The van der Waals surface area contributed by atoms with Gasteiger partial charge < -0.3 is 0 Å². The summed E-state index contributed by atoms with van der Waals surface area (Å²) >= 11 is 1.87. The highest BCUT2D eigenvalue weighted by atomic mass is 32.1. The second-order valence-electron chi connectivity index (χ2n) is 14.8. The summed E-state index contributed by atoms with van der Waals surface area (Å²) in [6.07, 6.45) is 0. The number of hydrogen-bond donors (Lipinski definition) is 0. The Morgan fingerprint density at radius 3 is 1.09 bits per heavy atom. The Balaban J connectivity index is 1.08. The summed E-state index contributed by atoms with van der Waals surface area (Å²) in [5.74, 6) is 0. The molecule has 11 aromatic rings. The lowest BCUT2D eigenvalue weighted by molar-refractivity contribution is 1.52. The average Bonchev–Trinajstić information content (AvgIpc) is 3.63. The highest BCUT2D eigenvalue weighted by Crippen LogP contribution is 2.49. The minimum absolute atomic E-state index is 1.22. The number of hydrogen-bond acceptors (Lipinski definition) is 1. The van der Waals surface area contributed by atoms with Crippen molar-refractivity contribution in [3.63, 3.8) is 0 Å². The lowest BCUT2D eigenvalue weighted by atomic mass is 9.80. The molecule has 1 aromatic heterocycles. The summed E-state index contributed by atoms with van der Waals surface area (Å²) in [5.41, 5.74) is 15.1. The molecule has 0 bridgehead atoms. The molecular formula is C54H32S. The van der Waals surface area contributed by atoms with E-state index in [-0.39, 0.29) is 0 Å². The van der Waals surface area contributed by atoms with Crippen LogP contribution in [0.4, 0.5) is 0 Å². The standard InChI is InChI=1S/C54H32S/c1-2-12-38-37(11-1)39-13-3-4-15-41(39)45-25-21-33(29-49(45)44-18-8-7-14-40(38)44)34-22-26-46-42-16-5-6-17-43(42)47-27-23-35(31-51(47)50(46)30-34)36-24-28-54-52(32-36)48-19-9-10-20-53(48)55-54/h1-32H. The molecule has 1 heterocycles. The molecule has 55 heavy (non-hydrogen) atoms. The maximum absolute atomic E-state index is 2.43. The fourth-order valence-electron chi connectivity index (χ4n) is 9.26. The van der Waals surface area contributed by atoms with Crippen LogP contribution in [-0.4, -0.2) is 0 Å². The van der Waals surface area contributed by atoms with Crippen molar-refractivity contribution in [1.82, 2.24) is 0 Å². The van der Waals surface area contributed by atoms with E-state index >= 15 is 0 Å². The molecule has 10 aromatic carbocycles. The molecule has 12 rings (SSSR count). The van der Waals surface area contributed by atoms with Gasteiger partial charge in [-0.1, -0.05) is 158 Å². The third-order valence-corrected chi connectivity index (χ3v) is 13.0. The Kier molecular flexibility index (Phi) is 6.60. The smallest absolute Gasteiger partial charge is 0.0355 e. The summed E-state index contributed by atoms with van der Waals surface area (Å²) in [6, 6.07) is 72.5. The zero-order chi connectivity index (χ0) is 36.0. The Labute approximate surface area is 323 Å². The molecule has 0 fully saturated rings. The maximum atomic E-state index is 2.43. The summed E-state index contributed by atoms with van der Waals surface area (Å²) in [5, 5.41) is 10.4. The minimum atomic E-state index is 1.22. The van der Waals surface area contributed by atoms with Crippen LogP contribution in [0.3, 0.4) is 0 Å². The molecule has 1 aliphatic carbocycles. The van der Waals surface area contributed by atoms with Crippen LogP contribution in [0.1, 0.15) is 0 Å². The molecule has 0 radical (unpaired) electrons. The van der Waals surface area contributed by atoms with Crippen molar-refractivity contribution in [3.05, 3.63) is 194 Å². The van der Waals surface area contributed by atoms with E-state index in [2.05, 4.69) is 194 Å². The first kappa shape index (κ1) is 30.6. The van der Waals surface area contributed by atoms with Gasteiger partial charge in [0.1, 0.15) is 0 Å². The predicted octanol–water partition coefficient (Wildman–Crippen LogP) is 15.8. The van der Waals surface area contributed by atoms with E-state index in [1.54, 1.807) is 0 Å². The van der Waals surface area contributed by atoms with Crippen LogP contribution in [0.25, 0.3) is 119 Å². The summed E-state index contributed by atoms with van der Waals surface area (Å²) in [7, 11) is 0. The van der Waals surface area contributed by atoms with Crippen molar-refractivity contribution in [2.75, 3.05) is 0 Å². The second kappa shape index (κ2) is 11.9. The molecule has 1 aliphatic rings. The lowest BCUT2D eigenvalue weighted by Crippen LogP contribution is -1.97. The van der Waals surface area contributed by atoms with E-state index in [1.807, 2.05) is 11.3 Å². The molecule has 254 valence electrons. The van der Waals surface area contributed by atoms with E-state index in [9.17, 15) is 0 Å². The molecule has 1 heteroatoms. The monoisotopic (exact) mass is 712 g/mol. The van der Waals surface area contributed by atoms with E-state index in [0.717, 1.165) is 0 Å². The van der Waals surface area contributed by atoms with Crippen LogP contribution in [0.5, 0.6) is 0 Å². The van der Waals surface area contributed by atoms with Crippen molar-refractivity contribution < 1.29 is 0 Å². The van der Waals surface area contributed by atoms with Gasteiger partial charge in [-0.15, -0.1) is 11.3 Å². The van der Waals surface area contributed by atoms with E-state index in [0.29, 0.717) is 0 Å². The number of fused-ring (bicyclic) bond motifs is 17. The topological polar surface area (TPSA) is 0 Å². The van der Waals surface area contributed by atoms with Gasteiger partial charge in [0.05, 0.1) is 0 Å². The molecule has 0 saturated carbocycles. The Hall–Kier alpha value is -6.80. The molecule has 0 aliphatic heterocycles. The SMILES string of the molecule is c1ccc2c(c1)-c1ccccc1-c1ccc(-c3ccc4c5ccccc5c5ccc(-c6ccc7sc8ccccc8c7c6)cc5c4c3)cc1-c1ccccc1-2. The third-order valence-electron chi connectivity index (χ3n) is 11.8. The van der Waals surface area contributed by atoms with Gasteiger partial charge in [0.15, 0.2) is 0 Å². The van der Waals surface area contributed by atoms with E-state index in [1.165, 1.54) is 119 Å². The molecular weight excluding hydrogens is 681 g/mol. The highest BCUT2D eigenvalue weighted by molar-refractivity contribution is 7.25. The van der Waals surface area contributed by atoms with Gasteiger partial charge in [-0.05, 0) is 135 Å². The average molecular weight is 713 g/mol. The van der Waals surface area contributed by atoms with Gasteiger partial charge in [0, 0.05) is 20.2 Å². The number of benzene rings is 10. The molecule has 0 nitrogen and oxygen atoms in total. The van der Waals surface area contributed by atoms with Crippen molar-refractivity contribution in [2.24, 2.45) is 0 Å². The zero-order valence-corrected chi connectivity index (χ0v) is 30.7. The van der Waals surface area contributed by atoms with Crippen LogP contribution in [0.15, 0.2) is 194 Å². The molecule has 0 unspecified atom stereocenters. The van der Waals surface area contributed by atoms with Gasteiger partial charge in [0.25, 0.3) is 0 Å². The number of rotatable bonds is 2. The van der Waals surface area contributed by atoms with Crippen molar-refractivity contribution in [1.29, 1.82) is 0 Å². The number of thiophene rings is 1. The zero-order valence-electron chi connectivity index (χ0n) is 29.9. The fraction of sp³-hybridized carbons (Fsp3) is 0. The second-order valence-corrected chi connectivity index (χ2v) is 15.9. The lowest BCUT2D eigenvalue weighted by Gasteiger charge is -2.23. The van der Waals surface area contributed by atoms with Crippen molar-refractivity contribution >= 4 is 63.8 Å².